The number of benzene rings is 1. The van der Waals surface area contributed by atoms with Gasteiger partial charge in [0.1, 0.15) is 5.76 Å². The molecule has 1 amide bonds. The number of amides is 1. The molecule has 1 aliphatic rings. The zero-order valence-corrected chi connectivity index (χ0v) is 14.5. The maximum absolute atomic E-state index is 12.4. The molecule has 2 aromatic rings. The van der Waals surface area contributed by atoms with Crippen molar-refractivity contribution in [1.82, 2.24) is 5.16 Å². The van der Waals surface area contributed by atoms with Crippen LogP contribution in [0.5, 0.6) is 0 Å². The molecule has 9 heteroatoms. The van der Waals surface area contributed by atoms with E-state index in [1.165, 1.54) is 16.4 Å². The number of halogens is 1. The molecule has 7 nitrogen and oxygen atoms in total. The van der Waals surface area contributed by atoms with Crippen LogP contribution in [0.15, 0.2) is 28.8 Å². The first-order valence-electron chi connectivity index (χ1n) is 7.41. The number of hydrogen-bond acceptors (Lipinski definition) is 5. The summed E-state index contributed by atoms with van der Waals surface area (Å²) in [7, 11) is -3.36. The number of hydrogen-bond donors (Lipinski definition) is 1. The number of sulfonamides is 1. The van der Waals surface area contributed by atoms with Gasteiger partial charge in [-0.05, 0) is 38.0 Å². The maximum atomic E-state index is 12.4. The lowest BCUT2D eigenvalue weighted by Crippen LogP contribution is -2.38. The number of anilines is 2. The van der Waals surface area contributed by atoms with Gasteiger partial charge in [0, 0.05) is 12.6 Å². The van der Waals surface area contributed by atoms with Crippen molar-refractivity contribution < 1.29 is 17.7 Å². The first-order valence-corrected chi connectivity index (χ1v) is 9.40. The van der Waals surface area contributed by atoms with E-state index in [-0.39, 0.29) is 22.2 Å². The number of carbonyl (C=O) groups excluding carboxylic acids is 1. The summed E-state index contributed by atoms with van der Waals surface area (Å²) in [4.78, 5) is 12.4. The molecule has 0 aliphatic carbocycles. The highest BCUT2D eigenvalue weighted by Gasteiger charge is 2.27. The molecule has 1 aliphatic heterocycles. The first-order chi connectivity index (χ1) is 11.4. The summed E-state index contributed by atoms with van der Waals surface area (Å²) >= 11 is 6.10. The van der Waals surface area contributed by atoms with Gasteiger partial charge in [-0.1, -0.05) is 16.8 Å². The Morgan fingerprint density at radius 3 is 2.79 bits per heavy atom. The van der Waals surface area contributed by atoms with Crippen molar-refractivity contribution in [3.8, 4) is 0 Å². The third-order valence-corrected chi connectivity index (χ3v) is 5.90. The van der Waals surface area contributed by atoms with Crippen LogP contribution < -0.4 is 9.62 Å². The molecule has 128 valence electrons. The van der Waals surface area contributed by atoms with Crippen LogP contribution in [-0.4, -0.2) is 31.8 Å². The Morgan fingerprint density at radius 2 is 2.12 bits per heavy atom. The number of nitrogens with zero attached hydrogens (tertiary/aromatic N) is 2. The van der Waals surface area contributed by atoms with Crippen molar-refractivity contribution in [2.24, 2.45) is 0 Å². The molecule has 0 atom stereocenters. The van der Waals surface area contributed by atoms with E-state index in [0.717, 1.165) is 6.42 Å². The SMILES string of the molecule is Cc1cc(NC(=O)c2cc(N3CCCCS3(=O)=O)ccc2Cl)no1. The lowest BCUT2D eigenvalue weighted by molar-refractivity contribution is 0.102. The Hall–Kier alpha value is -2.06. The van der Waals surface area contributed by atoms with Crippen LogP contribution in [0.3, 0.4) is 0 Å². The molecule has 1 saturated heterocycles. The molecule has 0 unspecified atom stereocenters. The van der Waals surface area contributed by atoms with E-state index in [1.807, 2.05) is 0 Å². The molecule has 1 aromatic heterocycles. The maximum Gasteiger partial charge on any atom is 0.258 e. The zero-order chi connectivity index (χ0) is 17.3. The molecule has 0 saturated carbocycles. The van der Waals surface area contributed by atoms with Gasteiger partial charge in [-0.25, -0.2) is 8.42 Å². The first kappa shape index (κ1) is 16.8. The van der Waals surface area contributed by atoms with Crippen LogP contribution in [0.2, 0.25) is 5.02 Å². The second-order valence-corrected chi connectivity index (χ2v) is 7.96. The lowest BCUT2D eigenvalue weighted by atomic mass is 10.1. The average Bonchev–Trinajstić information content (AvgIpc) is 2.92. The highest BCUT2D eigenvalue weighted by atomic mass is 35.5. The predicted molar refractivity (Wildman–Crippen MR) is 91.0 cm³/mol. The lowest BCUT2D eigenvalue weighted by Gasteiger charge is -2.28. The molecule has 1 fully saturated rings. The Kier molecular flexibility index (Phi) is 4.51. The van der Waals surface area contributed by atoms with Crippen molar-refractivity contribution in [2.45, 2.75) is 19.8 Å². The number of aryl methyl sites for hydroxylation is 1. The van der Waals surface area contributed by atoms with Crippen LogP contribution in [0, 0.1) is 6.92 Å². The predicted octanol–water partition coefficient (Wildman–Crippen LogP) is 2.82. The van der Waals surface area contributed by atoms with E-state index >= 15 is 0 Å². The minimum absolute atomic E-state index is 0.107. The molecule has 0 bridgehead atoms. The van der Waals surface area contributed by atoms with Crippen molar-refractivity contribution >= 4 is 39.0 Å². The molecule has 0 radical (unpaired) electrons. The van der Waals surface area contributed by atoms with Crippen LogP contribution in [0.4, 0.5) is 11.5 Å². The van der Waals surface area contributed by atoms with Gasteiger partial charge in [-0.15, -0.1) is 0 Å². The summed E-state index contributed by atoms with van der Waals surface area (Å²) < 4.78 is 30.6. The van der Waals surface area contributed by atoms with Crippen LogP contribution in [0.25, 0.3) is 0 Å². The molecule has 1 aromatic carbocycles. The fourth-order valence-corrected chi connectivity index (χ4v) is 4.36. The average molecular weight is 370 g/mol. The fraction of sp³-hybridized carbons (Fsp3) is 0.333. The molecule has 0 spiro atoms. The van der Waals surface area contributed by atoms with Gasteiger partial charge in [-0.2, -0.15) is 0 Å². The Balaban J connectivity index is 1.90. The third-order valence-electron chi connectivity index (χ3n) is 3.70. The second-order valence-electron chi connectivity index (χ2n) is 5.54. The summed E-state index contributed by atoms with van der Waals surface area (Å²) in [5.41, 5.74) is 0.608. The van der Waals surface area contributed by atoms with Gasteiger partial charge >= 0.3 is 0 Å². The number of aromatic nitrogens is 1. The van der Waals surface area contributed by atoms with Crippen LogP contribution >= 0.6 is 11.6 Å². The van der Waals surface area contributed by atoms with E-state index in [1.54, 1.807) is 19.1 Å². The smallest absolute Gasteiger partial charge is 0.258 e. The highest BCUT2D eigenvalue weighted by Crippen LogP contribution is 2.28. The summed E-state index contributed by atoms with van der Waals surface area (Å²) in [5.74, 6) is 0.453. The van der Waals surface area contributed by atoms with Gasteiger partial charge in [0.25, 0.3) is 5.91 Å². The van der Waals surface area contributed by atoms with Gasteiger partial charge in [0.05, 0.1) is 22.0 Å². The fourth-order valence-electron chi connectivity index (χ4n) is 2.53. The Bertz CT molecular complexity index is 879. The van der Waals surface area contributed by atoms with Gasteiger partial charge < -0.3 is 9.84 Å². The van der Waals surface area contributed by atoms with Crippen molar-refractivity contribution in [3.05, 3.63) is 40.6 Å². The summed E-state index contributed by atoms with van der Waals surface area (Å²) in [6, 6.07) is 6.17. The third kappa shape index (κ3) is 3.39. The van der Waals surface area contributed by atoms with E-state index in [2.05, 4.69) is 10.5 Å². The Morgan fingerprint density at radius 1 is 1.33 bits per heavy atom. The van der Waals surface area contributed by atoms with Crippen molar-refractivity contribution in [1.29, 1.82) is 0 Å². The molecular weight excluding hydrogens is 354 g/mol. The summed E-state index contributed by atoms with van der Waals surface area (Å²) in [6.07, 6.45) is 1.42. The van der Waals surface area contributed by atoms with Gasteiger partial charge in [0.15, 0.2) is 5.82 Å². The number of carbonyl (C=O) groups is 1. The van der Waals surface area contributed by atoms with Crippen molar-refractivity contribution in [3.63, 3.8) is 0 Å². The van der Waals surface area contributed by atoms with E-state index in [4.69, 9.17) is 16.1 Å². The molecule has 24 heavy (non-hydrogen) atoms. The quantitative estimate of drug-likeness (QED) is 0.898. The van der Waals surface area contributed by atoms with Gasteiger partial charge in [-0.3, -0.25) is 9.10 Å². The van der Waals surface area contributed by atoms with Crippen LogP contribution in [-0.2, 0) is 10.0 Å². The highest BCUT2D eigenvalue weighted by molar-refractivity contribution is 7.92. The molecule has 2 heterocycles. The van der Waals surface area contributed by atoms with E-state index in [0.29, 0.717) is 24.4 Å². The van der Waals surface area contributed by atoms with E-state index in [9.17, 15) is 13.2 Å². The number of rotatable bonds is 3. The molecular formula is C15H16ClN3O4S. The van der Waals surface area contributed by atoms with Crippen molar-refractivity contribution in [2.75, 3.05) is 21.9 Å². The topological polar surface area (TPSA) is 92.5 Å². The summed E-state index contributed by atoms with van der Waals surface area (Å²) in [5, 5.41) is 6.49. The summed E-state index contributed by atoms with van der Waals surface area (Å²) in [6.45, 7) is 2.10. The molecule has 3 rings (SSSR count). The monoisotopic (exact) mass is 369 g/mol. The normalized spacial score (nSPS) is 16.8. The minimum atomic E-state index is -3.36. The van der Waals surface area contributed by atoms with Crippen LogP contribution in [0.1, 0.15) is 29.0 Å². The Labute approximate surface area is 144 Å². The molecule has 1 N–H and O–H groups in total. The van der Waals surface area contributed by atoms with E-state index < -0.39 is 15.9 Å². The zero-order valence-electron chi connectivity index (χ0n) is 13.0. The minimum Gasteiger partial charge on any atom is -0.360 e. The number of nitrogens with one attached hydrogen (secondary N) is 1. The standard InChI is InChI=1S/C15H16ClN3O4S/c1-10-8-14(18-23-10)17-15(20)12-9-11(4-5-13(12)16)19-6-2-3-7-24(19,21)22/h4-5,8-9H,2-3,6-7H2,1H3,(H,17,18,20). The second kappa shape index (κ2) is 6.45. The largest absolute Gasteiger partial charge is 0.360 e. The van der Waals surface area contributed by atoms with Gasteiger partial charge in [0.2, 0.25) is 10.0 Å².